The van der Waals surface area contributed by atoms with E-state index in [4.69, 9.17) is 9.47 Å². The van der Waals surface area contributed by atoms with Crippen molar-refractivity contribution < 1.29 is 27.5 Å². The third-order valence-corrected chi connectivity index (χ3v) is 6.01. The van der Waals surface area contributed by atoms with Crippen LogP contribution in [0.3, 0.4) is 0 Å². The lowest BCUT2D eigenvalue weighted by Crippen LogP contribution is -2.20. The molecule has 0 radical (unpaired) electrons. The molecule has 0 spiro atoms. The van der Waals surface area contributed by atoms with E-state index in [2.05, 4.69) is 10.0 Å². The number of sulfonamides is 1. The van der Waals surface area contributed by atoms with Crippen molar-refractivity contribution in [2.45, 2.75) is 11.5 Å². The molecular formula is C23H22N2O6S. The normalized spacial score (nSPS) is 10.9. The summed E-state index contributed by atoms with van der Waals surface area (Å²) in [4.78, 5) is 24.6. The fourth-order valence-corrected chi connectivity index (χ4v) is 3.75. The van der Waals surface area contributed by atoms with E-state index >= 15 is 0 Å². The summed E-state index contributed by atoms with van der Waals surface area (Å²) in [5.41, 5.74) is 1.89. The van der Waals surface area contributed by atoms with E-state index in [9.17, 15) is 18.0 Å². The minimum atomic E-state index is -3.82. The van der Waals surface area contributed by atoms with Crippen LogP contribution in [0.25, 0.3) is 0 Å². The van der Waals surface area contributed by atoms with Gasteiger partial charge in [-0.1, -0.05) is 30.3 Å². The number of nitrogens with one attached hydrogen (secondary N) is 2. The highest BCUT2D eigenvalue weighted by molar-refractivity contribution is 7.89. The van der Waals surface area contributed by atoms with Gasteiger partial charge >= 0.3 is 5.97 Å². The number of methoxy groups -OCH3 is 1. The van der Waals surface area contributed by atoms with E-state index in [-0.39, 0.29) is 28.7 Å². The topological polar surface area (TPSA) is 111 Å². The molecular weight excluding hydrogens is 432 g/mol. The maximum Gasteiger partial charge on any atom is 0.338 e. The van der Waals surface area contributed by atoms with Gasteiger partial charge in [-0.3, -0.25) is 4.79 Å². The van der Waals surface area contributed by atoms with Crippen molar-refractivity contribution in [2.24, 2.45) is 0 Å². The van der Waals surface area contributed by atoms with Crippen molar-refractivity contribution in [1.29, 1.82) is 0 Å². The number of esters is 1. The van der Waals surface area contributed by atoms with Crippen LogP contribution in [0.15, 0.2) is 77.7 Å². The Morgan fingerprint density at radius 3 is 2.19 bits per heavy atom. The van der Waals surface area contributed by atoms with Gasteiger partial charge in [-0.15, -0.1) is 0 Å². The minimum Gasteiger partial charge on any atom is -0.495 e. The monoisotopic (exact) mass is 454 g/mol. The molecule has 0 saturated heterocycles. The van der Waals surface area contributed by atoms with E-state index in [0.717, 1.165) is 0 Å². The summed E-state index contributed by atoms with van der Waals surface area (Å²) in [5.74, 6) is -0.831. The standard InChI is InChI=1S/C23H22N2O6S/c1-24-32(28,29)21-14-18(12-13-20(21)30-2)23(27)31-15-16-8-10-17(11-9-16)22(26)25-19-6-4-3-5-7-19/h3-14,24H,15H2,1-2H3,(H,25,26). The van der Waals surface area contributed by atoms with Gasteiger partial charge in [0.25, 0.3) is 5.91 Å². The molecule has 0 aromatic heterocycles. The van der Waals surface area contributed by atoms with Crippen LogP contribution in [0.1, 0.15) is 26.3 Å². The molecule has 0 heterocycles. The number of hydrogen-bond acceptors (Lipinski definition) is 6. The molecule has 2 N–H and O–H groups in total. The highest BCUT2D eigenvalue weighted by atomic mass is 32.2. The van der Waals surface area contributed by atoms with Crippen LogP contribution in [0.2, 0.25) is 0 Å². The molecule has 9 heteroatoms. The summed E-state index contributed by atoms with van der Waals surface area (Å²) in [7, 11) is -1.21. The number of para-hydroxylation sites is 1. The molecule has 0 bridgehead atoms. The third-order valence-electron chi connectivity index (χ3n) is 4.58. The number of anilines is 1. The first-order valence-corrected chi connectivity index (χ1v) is 11.1. The Morgan fingerprint density at radius 1 is 0.906 bits per heavy atom. The summed E-state index contributed by atoms with van der Waals surface area (Å²) in [6, 6.07) is 19.7. The van der Waals surface area contributed by atoms with Gasteiger partial charge < -0.3 is 14.8 Å². The molecule has 8 nitrogen and oxygen atoms in total. The Labute approximate surface area is 186 Å². The number of carbonyl (C=O) groups excluding carboxylic acids is 2. The second-order valence-corrected chi connectivity index (χ2v) is 8.52. The SMILES string of the molecule is CNS(=O)(=O)c1cc(C(=O)OCc2ccc(C(=O)Nc3ccccc3)cc2)ccc1OC. The molecule has 0 aliphatic carbocycles. The first-order valence-electron chi connectivity index (χ1n) is 9.58. The number of amides is 1. The van der Waals surface area contributed by atoms with Crippen molar-refractivity contribution in [2.75, 3.05) is 19.5 Å². The Bertz CT molecular complexity index is 1210. The molecule has 0 aliphatic rings. The van der Waals surface area contributed by atoms with E-state index in [0.29, 0.717) is 16.8 Å². The van der Waals surface area contributed by atoms with Crippen LogP contribution in [0.4, 0.5) is 5.69 Å². The average Bonchev–Trinajstić information content (AvgIpc) is 2.83. The summed E-state index contributed by atoms with van der Waals surface area (Å²) in [6.07, 6.45) is 0. The maximum absolute atomic E-state index is 12.4. The van der Waals surface area contributed by atoms with Crippen molar-refractivity contribution in [3.63, 3.8) is 0 Å². The van der Waals surface area contributed by atoms with Crippen LogP contribution < -0.4 is 14.8 Å². The van der Waals surface area contributed by atoms with Crippen LogP contribution in [-0.2, 0) is 21.4 Å². The lowest BCUT2D eigenvalue weighted by atomic mass is 10.1. The van der Waals surface area contributed by atoms with Gasteiger partial charge in [0.15, 0.2) is 0 Å². The average molecular weight is 455 g/mol. The van der Waals surface area contributed by atoms with Gasteiger partial charge in [-0.2, -0.15) is 0 Å². The Morgan fingerprint density at radius 2 is 1.56 bits per heavy atom. The molecule has 166 valence electrons. The van der Waals surface area contributed by atoms with Crippen LogP contribution in [-0.4, -0.2) is 34.5 Å². The lowest BCUT2D eigenvalue weighted by molar-refractivity contribution is 0.0472. The zero-order chi connectivity index (χ0) is 23.1. The second-order valence-electron chi connectivity index (χ2n) is 6.67. The molecule has 0 atom stereocenters. The Kier molecular flexibility index (Phi) is 7.24. The van der Waals surface area contributed by atoms with E-state index in [1.807, 2.05) is 18.2 Å². The number of benzene rings is 3. The Hall–Kier alpha value is -3.69. The maximum atomic E-state index is 12.4. The molecule has 0 fully saturated rings. The summed E-state index contributed by atoms with van der Waals surface area (Å²) in [5, 5.41) is 2.79. The predicted octanol–water partition coefficient (Wildman–Crippen LogP) is 3.21. The second kappa shape index (κ2) is 10.1. The number of carbonyl (C=O) groups is 2. The van der Waals surface area contributed by atoms with Crippen molar-refractivity contribution in [3.8, 4) is 5.75 Å². The van der Waals surface area contributed by atoms with Crippen LogP contribution in [0.5, 0.6) is 5.75 Å². The molecule has 3 aromatic carbocycles. The molecule has 1 amide bonds. The van der Waals surface area contributed by atoms with Crippen molar-refractivity contribution in [1.82, 2.24) is 4.72 Å². The fourth-order valence-electron chi connectivity index (χ4n) is 2.83. The fraction of sp³-hybridized carbons (Fsp3) is 0.130. The lowest BCUT2D eigenvalue weighted by Gasteiger charge is -2.11. The summed E-state index contributed by atoms with van der Waals surface area (Å²) >= 11 is 0. The minimum absolute atomic E-state index is 0.0421. The first kappa shape index (κ1) is 23.0. The van der Waals surface area contributed by atoms with E-state index < -0.39 is 16.0 Å². The van der Waals surface area contributed by atoms with Crippen molar-refractivity contribution in [3.05, 3.63) is 89.5 Å². The largest absolute Gasteiger partial charge is 0.495 e. The molecule has 3 rings (SSSR count). The zero-order valence-corrected chi connectivity index (χ0v) is 18.3. The van der Waals surface area contributed by atoms with Crippen LogP contribution >= 0.6 is 0 Å². The number of hydrogen-bond donors (Lipinski definition) is 2. The Balaban J connectivity index is 1.65. The molecule has 32 heavy (non-hydrogen) atoms. The van der Waals surface area contributed by atoms with E-state index in [1.165, 1.54) is 32.4 Å². The van der Waals surface area contributed by atoms with Gasteiger partial charge in [0, 0.05) is 11.3 Å². The number of ether oxygens (including phenoxy) is 2. The summed E-state index contributed by atoms with van der Waals surface area (Å²) in [6.45, 7) is -0.0421. The third kappa shape index (κ3) is 5.51. The molecule has 3 aromatic rings. The highest BCUT2D eigenvalue weighted by Gasteiger charge is 2.20. The van der Waals surface area contributed by atoms with Gasteiger partial charge in [-0.05, 0) is 55.1 Å². The van der Waals surface area contributed by atoms with Gasteiger partial charge in [0.2, 0.25) is 10.0 Å². The van der Waals surface area contributed by atoms with Gasteiger partial charge in [0.1, 0.15) is 17.3 Å². The summed E-state index contributed by atoms with van der Waals surface area (Å²) < 4.78 is 36.9. The highest BCUT2D eigenvalue weighted by Crippen LogP contribution is 2.25. The smallest absolute Gasteiger partial charge is 0.338 e. The zero-order valence-electron chi connectivity index (χ0n) is 17.5. The predicted molar refractivity (Wildman–Crippen MR) is 119 cm³/mol. The van der Waals surface area contributed by atoms with Crippen LogP contribution in [0, 0.1) is 0 Å². The van der Waals surface area contributed by atoms with Gasteiger partial charge in [-0.25, -0.2) is 17.9 Å². The van der Waals surface area contributed by atoms with Crippen molar-refractivity contribution >= 4 is 27.6 Å². The van der Waals surface area contributed by atoms with E-state index in [1.54, 1.807) is 36.4 Å². The molecule has 0 aliphatic heterocycles. The van der Waals surface area contributed by atoms with Gasteiger partial charge in [0.05, 0.1) is 12.7 Å². The molecule has 0 unspecified atom stereocenters. The molecule has 0 saturated carbocycles. The first-order chi connectivity index (χ1) is 15.3. The quantitative estimate of drug-likeness (QED) is 0.506. The number of rotatable bonds is 8.